The van der Waals surface area contributed by atoms with E-state index in [9.17, 15) is 4.79 Å². The minimum atomic E-state index is -0.535. The number of ether oxygens (including phenoxy) is 3. The first-order valence-corrected chi connectivity index (χ1v) is 15.8. The first-order valence-electron chi connectivity index (χ1n) is 15.8. The number of piperidine rings is 1. The smallest absolute Gasteiger partial charge is 0.410 e. The first kappa shape index (κ1) is 30.6. The zero-order valence-electron chi connectivity index (χ0n) is 26.5. The Labute approximate surface area is 264 Å². The maximum Gasteiger partial charge on any atom is 0.410 e. The zero-order chi connectivity index (χ0) is 31.4. The molecule has 236 valence electrons. The molecule has 0 bridgehead atoms. The number of anilines is 2. The summed E-state index contributed by atoms with van der Waals surface area (Å²) in [6, 6.07) is 16.2. The summed E-state index contributed by atoms with van der Waals surface area (Å²) in [7, 11) is 0. The maximum atomic E-state index is 12.7. The number of carbonyl (C=O) groups is 1. The molecule has 10 nitrogen and oxygen atoms in total. The number of carbonyl (C=O) groups excluding carboxylic acids is 1. The van der Waals surface area contributed by atoms with Crippen molar-refractivity contribution < 1.29 is 19.0 Å². The van der Waals surface area contributed by atoms with Crippen molar-refractivity contribution in [1.82, 2.24) is 19.9 Å². The highest BCUT2D eigenvalue weighted by Crippen LogP contribution is 2.38. The molecule has 2 aliphatic heterocycles. The molecule has 0 aliphatic carbocycles. The second-order valence-electron chi connectivity index (χ2n) is 12.9. The van der Waals surface area contributed by atoms with Gasteiger partial charge in [0.1, 0.15) is 11.4 Å². The molecule has 2 fully saturated rings. The number of likely N-dealkylation sites (tertiary alicyclic amines) is 1. The Morgan fingerprint density at radius 2 is 1.93 bits per heavy atom. The number of benzene rings is 2. The average molecular weight is 611 g/mol. The maximum absolute atomic E-state index is 12.7. The van der Waals surface area contributed by atoms with Crippen LogP contribution in [0.1, 0.15) is 45.6 Å². The Morgan fingerprint density at radius 1 is 1.04 bits per heavy atom. The Kier molecular flexibility index (Phi) is 9.02. The van der Waals surface area contributed by atoms with E-state index in [-0.39, 0.29) is 12.1 Å². The predicted octanol–water partition coefficient (Wildman–Crippen LogP) is 7.05. The Hall–Kier alpha value is -4.44. The normalized spacial score (nSPS) is 18.5. The number of aromatic nitrogens is 3. The number of aryl methyl sites for hydroxylation is 1. The lowest BCUT2D eigenvalue weighted by atomic mass is 10.0. The molecular weight excluding hydrogens is 568 g/mol. The molecule has 2 atom stereocenters. The van der Waals surface area contributed by atoms with Gasteiger partial charge in [-0.2, -0.15) is 0 Å². The van der Waals surface area contributed by atoms with Crippen LogP contribution in [0.3, 0.4) is 0 Å². The third-order valence-electron chi connectivity index (χ3n) is 8.12. The van der Waals surface area contributed by atoms with Crippen LogP contribution in [0.4, 0.5) is 16.4 Å². The number of amides is 1. The van der Waals surface area contributed by atoms with E-state index < -0.39 is 5.60 Å². The lowest BCUT2D eigenvalue weighted by Gasteiger charge is -2.34. The van der Waals surface area contributed by atoms with Crippen LogP contribution in [0.15, 0.2) is 60.9 Å². The van der Waals surface area contributed by atoms with Crippen LogP contribution in [-0.2, 0) is 9.47 Å². The van der Waals surface area contributed by atoms with E-state index >= 15 is 0 Å². The van der Waals surface area contributed by atoms with Gasteiger partial charge < -0.3 is 29.7 Å². The highest BCUT2D eigenvalue weighted by molar-refractivity contribution is 5.98. The molecular formula is C35H42N6O4. The molecule has 2 saturated heterocycles. The monoisotopic (exact) mass is 610 g/mol. The van der Waals surface area contributed by atoms with Crippen molar-refractivity contribution in [3.05, 3.63) is 66.5 Å². The summed E-state index contributed by atoms with van der Waals surface area (Å²) >= 11 is 0. The average Bonchev–Trinajstić information content (AvgIpc) is 3.55. The van der Waals surface area contributed by atoms with E-state index in [1.807, 2.05) is 45.9 Å². The Morgan fingerprint density at radius 3 is 2.76 bits per heavy atom. The van der Waals surface area contributed by atoms with Crippen molar-refractivity contribution >= 4 is 28.5 Å². The van der Waals surface area contributed by atoms with Crippen LogP contribution >= 0.6 is 0 Å². The van der Waals surface area contributed by atoms with Crippen molar-refractivity contribution in [2.45, 2.75) is 58.6 Å². The molecule has 45 heavy (non-hydrogen) atoms. The van der Waals surface area contributed by atoms with Crippen LogP contribution in [-0.4, -0.2) is 70.4 Å². The number of hydrogen-bond acceptors (Lipinski definition) is 9. The minimum Gasteiger partial charge on any atom is -0.444 e. The van der Waals surface area contributed by atoms with Gasteiger partial charge in [-0.25, -0.2) is 19.7 Å². The van der Waals surface area contributed by atoms with Crippen LogP contribution < -0.4 is 15.4 Å². The van der Waals surface area contributed by atoms with Crippen molar-refractivity contribution in [2.75, 3.05) is 43.5 Å². The predicted molar refractivity (Wildman–Crippen MR) is 176 cm³/mol. The van der Waals surface area contributed by atoms with Gasteiger partial charge in [0, 0.05) is 67.1 Å². The molecule has 2 aromatic carbocycles. The van der Waals surface area contributed by atoms with Gasteiger partial charge in [-0.15, -0.1) is 0 Å². The van der Waals surface area contributed by atoms with E-state index in [2.05, 4.69) is 50.9 Å². The lowest BCUT2D eigenvalue weighted by Crippen LogP contribution is -2.47. The van der Waals surface area contributed by atoms with E-state index in [1.165, 1.54) is 0 Å². The van der Waals surface area contributed by atoms with Crippen LogP contribution in [0, 0.1) is 12.8 Å². The van der Waals surface area contributed by atoms with E-state index in [1.54, 1.807) is 17.3 Å². The Balaban J connectivity index is 1.21. The van der Waals surface area contributed by atoms with Crippen LogP contribution in [0.5, 0.6) is 11.6 Å². The van der Waals surface area contributed by atoms with Gasteiger partial charge >= 0.3 is 6.09 Å². The number of nitrogens with zero attached hydrogens (tertiary/aromatic N) is 4. The second kappa shape index (κ2) is 13.3. The molecule has 0 spiro atoms. The Bertz CT molecular complexity index is 1650. The highest BCUT2D eigenvalue weighted by Gasteiger charge is 2.28. The van der Waals surface area contributed by atoms with Crippen molar-refractivity contribution in [3.8, 4) is 22.9 Å². The molecule has 4 heterocycles. The summed E-state index contributed by atoms with van der Waals surface area (Å²) in [6.45, 7) is 11.4. The molecule has 0 unspecified atom stereocenters. The quantitative estimate of drug-likeness (QED) is 0.217. The fourth-order valence-corrected chi connectivity index (χ4v) is 5.84. The summed E-state index contributed by atoms with van der Waals surface area (Å²) in [6.07, 6.45) is 6.01. The molecule has 2 N–H and O–H groups in total. The molecule has 4 aromatic rings. The standard InChI is InChI=1S/C35H42N6O4/c1-23-12-13-26-27(9-5-11-29(26)38-20-24-15-19-43-22-24)31(23)44-32-28(10-6-16-36-32)30-14-17-37-33(40-30)39-25-8-7-18-41(21-25)34(42)45-35(2,3)4/h5-6,9-14,16-17,24-25,38H,7-8,15,18-22H2,1-4H3,(H,37,39,40)/t24-,25-/m0/s1. The van der Waals surface area contributed by atoms with Gasteiger partial charge in [0.25, 0.3) is 0 Å². The number of nitrogens with one attached hydrogen (secondary N) is 2. The number of fused-ring (bicyclic) bond motifs is 1. The van der Waals surface area contributed by atoms with Gasteiger partial charge in [-0.1, -0.05) is 24.3 Å². The third kappa shape index (κ3) is 7.45. The minimum absolute atomic E-state index is 0.00784. The molecule has 2 aromatic heterocycles. The molecule has 0 saturated carbocycles. The molecule has 6 rings (SSSR count). The van der Waals surface area contributed by atoms with Crippen molar-refractivity contribution in [3.63, 3.8) is 0 Å². The molecule has 0 radical (unpaired) electrons. The van der Waals surface area contributed by atoms with Crippen LogP contribution in [0.25, 0.3) is 22.0 Å². The number of rotatable bonds is 8. The van der Waals surface area contributed by atoms with Gasteiger partial charge in [0.2, 0.25) is 11.8 Å². The lowest BCUT2D eigenvalue weighted by molar-refractivity contribution is 0.0206. The zero-order valence-corrected chi connectivity index (χ0v) is 26.5. The molecule has 2 aliphatic rings. The summed E-state index contributed by atoms with van der Waals surface area (Å²) < 4.78 is 17.8. The van der Waals surface area contributed by atoms with Crippen molar-refractivity contribution in [2.24, 2.45) is 5.92 Å². The summed E-state index contributed by atoms with van der Waals surface area (Å²) in [5.41, 5.74) is 3.00. The SMILES string of the molecule is Cc1ccc2c(NC[C@@H]3CCOC3)cccc2c1Oc1ncccc1-c1ccnc(N[C@H]2CCCN(C(=O)OC(C)(C)C)C2)n1. The fourth-order valence-electron chi connectivity index (χ4n) is 5.84. The molecule has 10 heteroatoms. The van der Waals surface area contributed by atoms with Crippen LogP contribution in [0.2, 0.25) is 0 Å². The largest absolute Gasteiger partial charge is 0.444 e. The van der Waals surface area contributed by atoms with Gasteiger partial charge in [0.15, 0.2) is 0 Å². The number of pyridine rings is 1. The summed E-state index contributed by atoms with van der Waals surface area (Å²) in [5, 5.41) is 9.17. The van der Waals surface area contributed by atoms with E-state index in [0.29, 0.717) is 36.5 Å². The van der Waals surface area contributed by atoms with Gasteiger partial charge in [-0.05, 0) is 76.8 Å². The summed E-state index contributed by atoms with van der Waals surface area (Å²) in [4.78, 5) is 28.3. The fraction of sp³-hybridized carbons (Fsp3) is 0.429. The van der Waals surface area contributed by atoms with E-state index in [4.69, 9.17) is 19.2 Å². The molecule has 1 amide bonds. The summed E-state index contributed by atoms with van der Waals surface area (Å²) in [5.74, 6) is 2.24. The topological polar surface area (TPSA) is 111 Å². The third-order valence-corrected chi connectivity index (χ3v) is 8.12. The second-order valence-corrected chi connectivity index (χ2v) is 12.9. The van der Waals surface area contributed by atoms with Crippen molar-refractivity contribution in [1.29, 1.82) is 0 Å². The highest BCUT2D eigenvalue weighted by atomic mass is 16.6. The van der Waals surface area contributed by atoms with Gasteiger partial charge in [-0.3, -0.25) is 0 Å². The number of hydrogen-bond donors (Lipinski definition) is 2. The van der Waals surface area contributed by atoms with E-state index in [0.717, 1.165) is 72.4 Å². The van der Waals surface area contributed by atoms with Gasteiger partial charge in [0.05, 0.1) is 17.9 Å². The first-order chi connectivity index (χ1) is 21.7.